The van der Waals surface area contributed by atoms with E-state index in [1.54, 1.807) is 12.1 Å². The Kier molecular flexibility index (Phi) is 8.09. The fourth-order valence-electron chi connectivity index (χ4n) is 3.66. The van der Waals surface area contributed by atoms with Crippen LogP contribution < -0.4 is 5.32 Å². The number of nitrogens with zero attached hydrogens (tertiary/aromatic N) is 3. The van der Waals surface area contributed by atoms with E-state index in [-0.39, 0.29) is 23.5 Å². The van der Waals surface area contributed by atoms with Crippen LogP contribution in [0.1, 0.15) is 24.5 Å². The Morgan fingerprint density at radius 1 is 0.941 bits per heavy atom. The second-order valence-corrected chi connectivity index (χ2v) is 9.11. The van der Waals surface area contributed by atoms with Crippen molar-refractivity contribution < 1.29 is 9.18 Å². The average molecular weight is 475 g/mol. The van der Waals surface area contributed by atoms with E-state index in [0.29, 0.717) is 17.5 Å². The Labute approximate surface area is 203 Å². The third kappa shape index (κ3) is 6.54. The highest BCUT2D eigenvalue weighted by Crippen LogP contribution is 2.25. The summed E-state index contributed by atoms with van der Waals surface area (Å²) in [5.74, 6) is 0.545. The zero-order valence-electron chi connectivity index (χ0n) is 19.0. The van der Waals surface area contributed by atoms with Crippen LogP contribution in [0.4, 0.5) is 4.39 Å². The van der Waals surface area contributed by atoms with Crippen molar-refractivity contribution in [2.45, 2.75) is 37.5 Å². The van der Waals surface area contributed by atoms with Gasteiger partial charge in [0.2, 0.25) is 5.91 Å². The summed E-state index contributed by atoms with van der Waals surface area (Å²) < 4.78 is 15.4. The van der Waals surface area contributed by atoms with E-state index in [0.717, 1.165) is 24.0 Å². The van der Waals surface area contributed by atoms with Crippen molar-refractivity contribution in [3.05, 3.63) is 102 Å². The molecule has 0 bridgehead atoms. The quantitative estimate of drug-likeness (QED) is 0.314. The van der Waals surface area contributed by atoms with Crippen molar-refractivity contribution in [1.82, 2.24) is 20.1 Å². The minimum atomic E-state index is -0.300. The van der Waals surface area contributed by atoms with Crippen LogP contribution in [0, 0.1) is 5.82 Å². The van der Waals surface area contributed by atoms with Gasteiger partial charge in [-0.15, -0.1) is 10.2 Å². The monoisotopic (exact) mass is 474 g/mol. The second kappa shape index (κ2) is 11.6. The van der Waals surface area contributed by atoms with Crippen LogP contribution in [-0.2, 0) is 17.8 Å². The zero-order chi connectivity index (χ0) is 23.8. The highest BCUT2D eigenvalue weighted by molar-refractivity contribution is 7.99. The van der Waals surface area contributed by atoms with Crippen LogP contribution in [-0.4, -0.2) is 32.5 Å². The minimum Gasteiger partial charge on any atom is -0.353 e. The highest BCUT2D eigenvalue weighted by atomic mass is 32.2. The first-order valence-corrected chi connectivity index (χ1v) is 12.3. The lowest BCUT2D eigenvalue weighted by Gasteiger charge is -2.14. The molecule has 0 unspecified atom stereocenters. The van der Waals surface area contributed by atoms with Crippen LogP contribution in [0.25, 0.3) is 11.4 Å². The van der Waals surface area contributed by atoms with Gasteiger partial charge in [-0.05, 0) is 55.2 Å². The van der Waals surface area contributed by atoms with Gasteiger partial charge in [-0.25, -0.2) is 4.39 Å². The number of amides is 1. The summed E-state index contributed by atoms with van der Waals surface area (Å²) >= 11 is 1.35. The number of nitrogens with one attached hydrogen (secondary N) is 1. The predicted octanol–water partition coefficient (Wildman–Crippen LogP) is 5.36. The van der Waals surface area contributed by atoms with E-state index in [1.807, 2.05) is 60.0 Å². The molecule has 0 spiro atoms. The number of aryl methyl sites for hydroxylation is 1. The maximum atomic E-state index is 13.4. The van der Waals surface area contributed by atoms with Gasteiger partial charge in [-0.1, -0.05) is 72.4 Å². The molecular formula is C27H27FN4OS. The molecule has 0 aliphatic rings. The summed E-state index contributed by atoms with van der Waals surface area (Å²) in [6, 6.07) is 26.5. The van der Waals surface area contributed by atoms with E-state index >= 15 is 0 Å². The topological polar surface area (TPSA) is 59.8 Å². The second-order valence-electron chi connectivity index (χ2n) is 8.17. The van der Waals surface area contributed by atoms with Gasteiger partial charge in [-0.3, -0.25) is 9.36 Å². The maximum absolute atomic E-state index is 13.4. The summed E-state index contributed by atoms with van der Waals surface area (Å²) in [7, 11) is 0. The standard InChI is InChI=1S/C27H27FN4OS/c1-20(12-13-21-8-4-2-5-9-21)29-25(33)19-34-27-31-30-26(23-14-16-24(28)17-15-23)32(27)18-22-10-6-3-7-11-22/h2-11,14-17,20H,12-13,18-19H2,1H3,(H,29,33)/t20-/m1/s1. The van der Waals surface area contributed by atoms with Crippen molar-refractivity contribution in [1.29, 1.82) is 0 Å². The Hall–Kier alpha value is -3.45. The van der Waals surface area contributed by atoms with Gasteiger partial charge in [0, 0.05) is 11.6 Å². The van der Waals surface area contributed by atoms with Crippen LogP contribution in [0.5, 0.6) is 0 Å². The first kappa shape index (κ1) is 23.7. The molecular weight excluding hydrogens is 447 g/mol. The molecule has 0 fully saturated rings. The lowest BCUT2D eigenvalue weighted by molar-refractivity contribution is -0.119. The molecule has 5 nitrogen and oxygen atoms in total. The molecule has 4 rings (SSSR count). The molecule has 1 N–H and O–H groups in total. The summed E-state index contributed by atoms with van der Waals surface area (Å²) in [4.78, 5) is 12.6. The molecule has 7 heteroatoms. The molecule has 0 aliphatic carbocycles. The molecule has 3 aromatic carbocycles. The first-order chi connectivity index (χ1) is 16.6. The van der Waals surface area contributed by atoms with E-state index < -0.39 is 0 Å². The van der Waals surface area contributed by atoms with Crippen LogP contribution in [0.15, 0.2) is 90.1 Å². The lowest BCUT2D eigenvalue weighted by atomic mass is 10.1. The molecule has 1 heterocycles. The predicted molar refractivity (Wildman–Crippen MR) is 134 cm³/mol. The Bertz CT molecular complexity index is 1200. The van der Waals surface area contributed by atoms with Gasteiger partial charge in [0.1, 0.15) is 5.82 Å². The summed E-state index contributed by atoms with van der Waals surface area (Å²) in [6.07, 6.45) is 1.79. The number of hydrogen-bond acceptors (Lipinski definition) is 4. The van der Waals surface area contributed by atoms with Gasteiger partial charge >= 0.3 is 0 Å². The van der Waals surface area contributed by atoms with Crippen molar-refractivity contribution in [3.63, 3.8) is 0 Å². The van der Waals surface area contributed by atoms with Gasteiger partial charge < -0.3 is 5.32 Å². The third-order valence-electron chi connectivity index (χ3n) is 5.45. The van der Waals surface area contributed by atoms with E-state index in [4.69, 9.17) is 0 Å². The van der Waals surface area contributed by atoms with E-state index in [1.165, 1.54) is 29.5 Å². The molecule has 0 aliphatic heterocycles. The molecule has 0 radical (unpaired) electrons. The van der Waals surface area contributed by atoms with Gasteiger partial charge in [0.15, 0.2) is 11.0 Å². The number of hydrogen-bond donors (Lipinski definition) is 1. The molecule has 4 aromatic rings. The van der Waals surface area contributed by atoms with Crippen LogP contribution in [0.3, 0.4) is 0 Å². The summed E-state index contributed by atoms with van der Waals surface area (Å²) in [5.41, 5.74) is 3.13. The Morgan fingerprint density at radius 3 is 2.26 bits per heavy atom. The number of carbonyl (C=O) groups excluding carboxylic acids is 1. The fraction of sp³-hybridized carbons (Fsp3) is 0.222. The molecule has 1 amide bonds. The van der Waals surface area contributed by atoms with Gasteiger partial charge in [0.25, 0.3) is 0 Å². The molecule has 174 valence electrons. The molecule has 1 atom stereocenters. The van der Waals surface area contributed by atoms with E-state index in [9.17, 15) is 9.18 Å². The van der Waals surface area contributed by atoms with Crippen molar-refractivity contribution >= 4 is 17.7 Å². The van der Waals surface area contributed by atoms with Crippen LogP contribution >= 0.6 is 11.8 Å². The van der Waals surface area contributed by atoms with Gasteiger partial charge in [0.05, 0.1) is 12.3 Å². The number of benzene rings is 3. The highest BCUT2D eigenvalue weighted by Gasteiger charge is 2.17. The number of rotatable bonds is 10. The Morgan fingerprint density at radius 2 is 1.59 bits per heavy atom. The SMILES string of the molecule is C[C@H](CCc1ccccc1)NC(=O)CSc1nnc(-c2ccc(F)cc2)n1Cc1ccccc1. The van der Waals surface area contributed by atoms with Crippen LogP contribution in [0.2, 0.25) is 0 Å². The number of thioether (sulfide) groups is 1. The fourth-order valence-corrected chi connectivity index (χ4v) is 4.41. The minimum absolute atomic E-state index is 0.0387. The number of carbonyl (C=O) groups is 1. The summed E-state index contributed by atoms with van der Waals surface area (Å²) in [6.45, 7) is 2.58. The largest absolute Gasteiger partial charge is 0.353 e. The molecule has 34 heavy (non-hydrogen) atoms. The smallest absolute Gasteiger partial charge is 0.230 e. The molecule has 0 saturated carbocycles. The van der Waals surface area contributed by atoms with Gasteiger partial charge in [-0.2, -0.15) is 0 Å². The van der Waals surface area contributed by atoms with Crippen molar-refractivity contribution in [2.75, 3.05) is 5.75 Å². The maximum Gasteiger partial charge on any atom is 0.230 e. The third-order valence-corrected chi connectivity index (χ3v) is 6.42. The van der Waals surface area contributed by atoms with Crippen molar-refractivity contribution in [2.24, 2.45) is 0 Å². The molecule has 1 aromatic heterocycles. The molecule has 0 saturated heterocycles. The van der Waals surface area contributed by atoms with Crippen molar-refractivity contribution in [3.8, 4) is 11.4 Å². The summed E-state index contributed by atoms with van der Waals surface area (Å²) in [5, 5.41) is 12.4. The normalized spacial score (nSPS) is 11.8. The lowest BCUT2D eigenvalue weighted by Crippen LogP contribution is -2.34. The zero-order valence-corrected chi connectivity index (χ0v) is 19.8. The Balaban J connectivity index is 1.41. The van der Waals surface area contributed by atoms with E-state index in [2.05, 4.69) is 27.6 Å². The first-order valence-electron chi connectivity index (χ1n) is 11.3. The number of aromatic nitrogens is 3. The number of halogens is 1. The average Bonchev–Trinajstić information content (AvgIpc) is 3.25.